The van der Waals surface area contributed by atoms with Crippen molar-refractivity contribution in [1.29, 1.82) is 0 Å². The first-order chi connectivity index (χ1) is 14.1. The molecule has 0 fully saturated rings. The van der Waals surface area contributed by atoms with Crippen molar-refractivity contribution in [1.82, 2.24) is 24.4 Å². The lowest BCUT2D eigenvalue weighted by atomic mass is 10.2. The van der Waals surface area contributed by atoms with Gasteiger partial charge in [-0.25, -0.2) is 14.2 Å². The van der Waals surface area contributed by atoms with Crippen LogP contribution in [0.4, 0.5) is 4.39 Å². The average Bonchev–Trinajstić information content (AvgIpc) is 3.02. The van der Waals surface area contributed by atoms with E-state index in [2.05, 4.69) is 15.3 Å². The van der Waals surface area contributed by atoms with Gasteiger partial charge in [-0.05, 0) is 42.0 Å². The fourth-order valence-corrected chi connectivity index (χ4v) is 3.16. The molecule has 0 saturated carbocycles. The van der Waals surface area contributed by atoms with Crippen LogP contribution >= 0.6 is 0 Å². The third-order valence-corrected chi connectivity index (χ3v) is 4.59. The summed E-state index contributed by atoms with van der Waals surface area (Å²) in [6.07, 6.45) is 4.72. The van der Waals surface area contributed by atoms with Gasteiger partial charge in [-0.3, -0.25) is 18.9 Å². The van der Waals surface area contributed by atoms with Crippen LogP contribution in [0.5, 0.6) is 0 Å². The second-order valence-corrected chi connectivity index (χ2v) is 6.48. The molecule has 0 saturated heterocycles. The molecule has 7 nitrogen and oxygen atoms in total. The molecule has 0 aliphatic heterocycles. The molecular formula is C21H18FN5O2. The topological polar surface area (TPSA) is 81.8 Å². The number of carbonyl (C=O) groups excluding carboxylic acids is 1. The van der Waals surface area contributed by atoms with Gasteiger partial charge in [0.05, 0.1) is 12.1 Å². The Bertz CT molecular complexity index is 1200. The Morgan fingerprint density at radius 3 is 2.52 bits per heavy atom. The summed E-state index contributed by atoms with van der Waals surface area (Å²) in [5.74, 6) is -0.557. The van der Waals surface area contributed by atoms with Crippen LogP contribution in [0, 0.1) is 5.82 Å². The SMILES string of the molecule is O=C(NCCn1c(=O)n(Cc2ccc(F)cc2)c2cccnc21)c1ccncc1. The molecule has 0 aliphatic rings. The number of benzene rings is 1. The molecule has 8 heteroatoms. The number of nitrogens with one attached hydrogen (secondary N) is 1. The lowest BCUT2D eigenvalue weighted by molar-refractivity contribution is 0.0952. The number of amides is 1. The van der Waals surface area contributed by atoms with Crippen molar-refractivity contribution in [2.24, 2.45) is 0 Å². The maximum absolute atomic E-state index is 13.2. The van der Waals surface area contributed by atoms with Crippen LogP contribution in [0.15, 0.2) is 71.9 Å². The second-order valence-electron chi connectivity index (χ2n) is 6.48. The molecule has 4 rings (SSSR count). The van der Waals surface area contributed by atoms with E-state index in [-0.39, 0.29) is 30.5 Å². The van der Waals surface area contributed by atoms with E-state index in [1.165, 1.54) is 16.7 Å². The molecule has 146 valence electrons. The molecule has 0 atom stereocenters. The summed E-state index contributed by atoms with van der Waals surface area (Å²) >= 11 is 0. The summed E-state index contributed by atoms with van der Waals surface area (Å²) in [6.45, 7) is 0.852. The van der Waals surface area contributed by atoms with Crippen molar-refractivity contribution in [3.8, 4) is 0 Å². The van der Waals surface area contributed by atoms with Crippen molar-refractivity contribution in [2.75, 3.05) is 6.54 Å². The molecule has 3 aromatic heterocycles. The first kappa shape index (κ1) is 18.5. The van der Waals surface area contributed by atoms with Crippen LogP contribution in [-0.4, -0.2) is 31.6 Å². The van der Waals surface area contributed by atoms with E-state index in [9.17, 15) is 14.0 Å². The van der Waals surface area contributed by atoms with Gasteiger partial charge >= 0.3 is 5.69 Å². The van der Waals surface area contributed by atoms with Gasteiger partial charge in [0.2, 0.25) is 0 Å². The zero-order valence-electron chi connectivity index (χ0n) is 15.5. The normalized spacial score (nSPS) is 10.9. The maximum atomic E-state index is 13.2. The Hall–Kier alpha value is -3.81. The van der Waals surface area contributed by atoms with Crippen molar-refractivity contribution in [3.63, 3.8) is 0 Å². The van der Waals surface area contributed by atoms with E-state index in [4.69, 9.17) is 0 Å². The minimum absolute atomic E-state index is 0.233. The molecule has 1 aromatic carbocycles. The third kappa shape index (κ3) is 3.91. The zero-order valence-corrected chi connectivity index (χ0v) is 15.5. The second kappa shape index (κ2) is 8.05. The Morgan fingerprint density at radius 2 is 1.76 bits per heavy atom. The van der Waals surface area contributed by atoms with Gasteiger partial charge in [0.1, 0.15) is 5.82 Å². The standard InChI is InChI=1S/C21H18FN5O2/c22-17-5-3-15(4-6-17)14-27-18-2-1-9-24-19(18)26(21(27)29)13-12-25-20(28)16-7-10-23-11-8-16/h1-11H,12-14H2,(H,25,28). The summed E-state index contributed by atoms with van der Waals surface area (Å²) in [5.41, 5.74) is 2.30. The molecule has 0 aliphatic carbocycles. The van der Waals surface area contributed by atoms with Crippen LogP contribution in [0.2, 0.25) is 0 Å². The summed E-state index contributed by atoms with van der Waals surface area (Å²) < 4.78 is 16.3. The highest BCUT2D eigenvalue weighted by molar-refractivity contribution is 5.93. The van der Waals surface area contributed by atoms with Gasteiger partial charge in [-0.2, -0.15) is 0 Å². The molecule has 29 heavy (non-hydrogen) atoms. The number of halogens is 1. The number of pyridine rings is 2. The number of aromatic nitrogens is 4. The molecule has 0 radical (unpaired) electrons. The minimum Gasteiger partial charge on any atom is -0.350 e. The number of nitrogens with zero attached hydrogens (tertiary/aromatic N) is 4. The number of rotatable bonds is 6. The van der Waals surface area contributed by atoms with Crippen molar-refractivity contribution >= 4 is 17.1 Å². The highest BCUT2D eigenvalue weighted by atomic mass is 19.1. The lowest BCUT2D eigenvalue weighted by Gasteiger charge is -2.06. The fourth-order valence-electron chi connectivity index (χ4n) is 3.16. The first-order valence-electron chi connectivity index (χ1n) is 9.10. The summed E-state index contributed by atoms with van der Waals surface area (Å²) in [6, 6.07) is 12.9. The summed E-state index contributed by atoms with van der Waals surface area (Å²) in [4.78, 5) is 33.4. The van der Waals surface area contributed by atoms with E-state index in [0.29, 0.717) is 23.3 Å². The van der Waals surface area contributed by atoms with Gasteiger partial charge in [0, 0.05) is 37.2 Å². The largest absolute Gasteiger partial charge is 0.350 e. The van der Waals surface area contributed by atoms with Crippen molar-refractivity contribution in [3.05, 3.63) is 94.5 Å². The van der Waals surface area contributed by atoms with E-state index in [0.717, 1.165) is 5.56 Å². The Labute approximate surface area is 165 Å². The first-order valence-corrected chi connectivity index (χ1v) is 9.10. The van der Waals surface area contributed by atoms with E-state index in [1.807, 2.05) is 6.07 Å². The summed E-state index contributed by atoms with van der Waals surface area (Å²) in [7, 11) is 0. The fraction of sp³-hybridized carbons (Fsp3) is 0.143. The third-order valence-electron chi connectivity index (χ3n) is 4.59. The number of hydrogen-bond donors (Lipinski definition) is 1. The molecule has 0 unspecified atom stereocenters. The predicted molar refractivity (Wildman–Crippen MR) is 106 cm³/mol. The Kier molecular flexibility index (Phi) is 5.15. The number of imidazole rings is 1. The van der Waals surface area contributed by atoms with Crippen LogP contribution in [0.3, 0.4) is 0 Å². The van der Waals surface area contributed by atoms with E-state index >= 15 is 0 Å². The van der Waals surface area contributed by atoms with E-state index < -0.39 is 0 Å². The highest BCUT2D eigenvalue weighted by Crippen LogP contribution is 2.12. The van der Waals surface area contributed by atoms with Gasteiger partial charge in [0.15, 0.2) is 5.65 Å². The monoisotopic (exact) mass is 391 g/mol. The quantitative estimate of drug-likeness (QED) is 0.546. The predicted octanol–water partition coefficient (Wildman–Crippen LogP) is 2.21. The molecule has 3 heterocycles. The maximum Gasteiger partial charge on any atom is 0.330 e. The molecular weight excluding hydrogens is 373 g/mol. The zero-order chi connectivity index (χ0) is 20.2. The number of carbonyl (C=O) groups is 1. The average molecular weight is 391 g/mol. The highest BCUT2D eigenvalue weighted by Gasteiger charge is 2.14. The van der Waals surface area contributed by atoms with Gasteiger partial charge in [-0.1, -0.05) is 12.1 Å². The van der Waals surface area contributed by atoms with Crippen LogP contribution in [-0.2, 0) is 13.1 Å². The summed E-state index contributed by atoms with van der Waals surface area (Å²) in [5, 5.41) is 2.80. The number of hydrogen-bond acceptors (Lipinski definition) is 4. The Morgan fingerprint density at radius 1 is 1.00 bits per heavy atom. The lowest BCUT2D eigenvalue weighted by Crippen LogP contribution is -2.32. The molecule has 1 amide bonds. The minimum atomic E-state index is -0.324. The van der Waals surface area contributed by atoms with E-state index in [1.54, 1.807) is 53.5 Å². The van der Waals surface area contributed by atoms with Crippen LogP contribution in [0.1, 0.15) is 15.9 Å². The molecule has 4 aromatic rings. The Balaban J connectivity index is 1.56. The van der Waals surface area contributed by atoms with Gasteiger partial charge in [-0.15, -0.1) is 0 Å². The van der Waals surface area contributed by atoms with Crippen LogP contribution < -0.4 is 11.0 Å². The van der Waals surface area contributed by atoms with Gasteiger partial charge in [0.25, 0.3) is 5.91 Å². The number of fused-ring (bicyclic) bond motifs is 1. The van der Waals surface area contributed by atoms with Crippen LogP contribution in [0.25, 0.3) is 11.2 Å². The van der Waals surface area contributed by atoms with Crippen molar-refractivity contribution in [2.45, 2.75) is 13.1 Å². The van der Waals surface area contributed by atoms with Gasteiger partial charge < -0.3 is 5.32 Å². The molecule has 0 spiro atoms. The molecule has 1 N–H and O–H groups in total. The van der Waals surface area contributed by atoms with Crippen molar-refractivity contribution < 1.29 is 9.18 Å². The smallest absolute Gasteiger partial charge is 0.330 e. The molecule has 0 bridgehead atoms.